The first kappa shape index (κ1) is 28.5. The van der Waals surface area contributed by atoms with Crippen molar-refractivity contribution in [2.24, 2.45) is 5.73 Å². The molecule has 0 bridgehead atoms. The highest BCUT2D eigenvalue weighted by molar-refractivity contribution is 6.08. The summed E-state index contributed by atoms with van der Waals surface area (Å²) in [5.41, 5.74) is 10.8. The zero-order chi connectivity index (χ0) is 29.6. The number of carbonyl (C=O) groups is 2. The van der Waals surface area contributed by atoms with Gasteiger partial charge in [0.05, 0.1) is 6.34 Å². The molecule has 0 saturated carbocycles. The minimum absolute atomic E-state index is 0.105. The van der Waals surface area contributed by atoms with Gasteiger partial charge in [-0.1, -0.05) is 0 Å². The Morgan fingerprint density at radius 3 is 1.71 bits per heavy atom. The molecule has 2 aliphatic heterocycles. The molecule has 2 saturated heterocycles. The van der Waals surface area contributed by atoms with E-state index in [1.807, 2.05) is 65.3 Å². The van der Waals surface area contributed by atoms with Crippen LogP contribution in [0.1, 0.15) is 26.3 Å². The standard InChI is InChI=1S/C31H37N9O2/c1-22-20-23(29(41)35-24-3-7-27(8-4-24)39-16-18-40(19-17-39)31(33)34)2-11-28(22)30(42)36-25-5-9-26(10-6-25)38-14-12-37(21-32)13-15-38/h2-11,20-21,32H,12-19H2,1H3,(H3,33,34)(H,35,41)(H,36,42). The molecule has 0 spiro atoms. The Morgan fingerprint density at radius 2 is 1.24 bits per heavy atom. The van der Waals surface area contributed by atoms with Gasteiger partial charge in [0, 0.05) is 86.2 Å². The smallest absolute Gasteiger partial charge is 0.255 e. The SMILES string of the molecule is Cc1cc(C(=O)Nc2ccc(N3CCN(C(=N)N)CC3)cc2)ccc1C(=O)Nc1ccc(N2CCN(C=N)CC2)cc1. The van der Waals surface area contributed by atoms with Gasteiger partial charge in [-0.3, -0.25) is 20.4 Å². The van der Waals surface area contributed by atoms with Crippen molar-refractivity contribution in [3.63, 3.8) is 0 Å². The third-order valence-electron chi connectivity index (χ3n) is 7.83. The molecular weight excluding hydrogens is 530 g/mol. The molecule has 2 aliphatic rings. The number of benzene rings is 3. The molecule has 0 aromatic heterocycles. The molecule has 2 heterocycles. The summed E-state index contributed by atoms with van der Waals surface area (Å²) in [6, 6.07) is 20.6. The number of aryl methyl sites for hydroxylation is 1. The van der Waals surface area contributed by atoms with Crippen molar-refractivity contribution < 1.29 is 9.59 Å². The summed E-state index contributed by atoms with van der Waals surface area (Å²) in [7, 11) is 0. The van der Waals surface area contributed by atoms with Crippen LogP contribution in [0.2, 0.25) is 0 Å². The van der Waals surface area contributed by atoms with E-state index in [4.69, 9.17) is 16.6 Å². The first-order valence-corrected chi connectivity index (χ1v) is 14.1. The molecule has 0 unspecified atom stereocenters. The number of rotatable bonds is 7. The molecular formula is C31H37N9O2. The third kappa shape index (κ3) is 6.63. The Balaban J connectivity index is 1.15. The van der Waals surface area contributed by atoms with Crippen molar-refractivity contribution in [2.45, 2.75) is 6.92 Å². The van der Waals surface area contributed by atoms with Gasteiger partial charge in [-0.15, -0.1) is 0 Å². The summed E-state index contributed by atoms with van der Waals surface area (Å²) in [4.78, 5) is 34.3. The average molecular weight is 568 g/mol. The van der Waals surface area contributed by atoms with Gasteiger partial charge in [0.1, 0.15) is 0 Å². The molecule has 3 aromatic carbocycles. The highest BCUT2D eigenvalue weighted by atomic mass is 16.2. The topological polar surface area (TPSA) is 145 Å². The van der Waals surface area contributed by atoms with Gasteiger partial charge in [0.2, 0.25) is 0 Å². The monoisotopic (exact) mass is 567 g/mol. The van der Waals surface area contributed by atoms with E-state index in [2.05, 4.69) is 20.4 Å². The second-order valence-corrected chi connectivity index (χ2v) is 10.5. The predicted molar refractivity (Wildman–Crippen MR) is 168 cm³/mol. The van der Waals surface area contributed by atoms with E-state index in [0.717, 1.165) is 50.6 Å². The molecule has 2 fully saturated rings. The number of nitrogens with two attached hydrogens (primary N) is 1. The molecule has 0 atom stereocenters. The van der Waals surface area contributed by atoms with Crippen molar-refractivity contribution in [2.75, 3.05) is 72.8 Å². The summed E-state index contributed by atoms with van der Waals surface area (Å²) in [6.07, 6.45) is 1.39. The van der Waals surface area contributed by atoms with Crippen molar-refractivity contribution in [3.8, 4) is 0 Å². The Morgan fingerprint density at radius 1 is 0.738 bits per heavy atom. The average Bonchev–Trinajstić information content (AvgIpc) is 3.02. The summed E-state index contributed by atoms with van der Waals surface area (Å²) in [5.74, 6) is -0.371. The van der Waals surface area contributed by atoms with E-state index in [0.29, 0.717) is 41.2 Å². The lowest BCUT2D eigenvalue weighted by molar-refractivity contribution is 0.101. The van der Waals surface area contributed by atoms with Gasteiger partial charge in [-0.2, -0.15) is 0 Å². The second-order valence-electron chi connectivity index (χ2n) is 10.5. The highest BCUT2D eigenvalue weighted by Crippen LogP contribution is 2.22. The lowest BCUT2D eigenvalue weighted by atomic mass is 10.0. The number of hydrogen-bond donors (Lipinski definition) is 5. The van der Waals surface area contributed by atoms with E-state index >= 15 is 0 Å². The number of piperazine rings is 2. The fourth-order valence-corrected chi connectivity index (χ4v) is 5.29. The predicted octanol–water partition coefficient (Wildman–Crippen LogP) is 3.24. The van der Waals surface area contributed by atoms with Crippen LogP contribution in [0.25, 0.3) is 0 Å². The fraction of sp³-hybridized carbons (Fsp3) is 0.290. The van der Waals surface area contributed by atoms with Crippen molar-refractivity contribution in [1.82, 2.24) is 9.80 Å². The highest BCUT2D eigenvalue weighted by Gasteiger charge is 2.19. The molecule has 6 N–H and O–H groups in total. The van der Waals surface area contributed by atoms with Gasteiger partial charge in [0.25, 0.3) is 11.8 Å². The van der Waals surface area contributed by atoms with Gasteiger partial charge in [-0.05, 0) is 79.2 Å². The summed E-state index contributed by atoms with van der Waals surface area (Å²) >= 11 is 0. The van der Waals surface area contributed by atoms with E-state index in [1.54, 1.807) is 18.2 Å². The molecule has 0 aliphatic carbocycles. The van der Waals surface area contributed by atoms with Crippen LogP contribution in [-0.4, -0.2) is 86.3 Å². The minimum atomic E-state index is -0.245. The molecule has 11 heteroatoms. The van der Waals surface area contributed by atoms with Crippen LogP contribution < -0.4 is 26.2 Å². The molecule has 42 heavy (non-hydrogen) atoms. The van der Waals surface area contributed by atoms with Crippen molar-refractivity contribution in [1.29, 1.82) is 10.8 Å². The van der Waals surface area contributed by atoms with E-state index in [9.17, 15) is 9.59 Å². The van der Waals surface area contributed by atoms with Gasteiger partial charge in [-0.25, -0.2) is 0 Å². The van der Waals surface area contributed by atoms with Gasteiger partial charge in [0.15, 0.2) is 5.96 Å². The molecule has 3 aromatic rings. The zero-order valence-corrected chi connectivity index (χ0v) is 23.8. The summed E-state index contributed by atoms with van der Waals surface area (Å²) < 4.78 is 0. The molecule has 2 amide bonds. The minimum Gasteiger partial charge on any atom is -0.370 e. The Kier molecular flexibility index (Phi) is 8.56. The van der Waals surface area contributed by atoms with Crippen molar-refractivity contribution in [3.05, 3.63) is 83.4 Å². The van der Waals surface area contributed by atoms with Crippen LogP contribution in [0.3, 0.4) is 0 Å². The van der Waals surface area contributed by atoms with Gasteiger partial charge < -0.3 is 36.0 Å². The Bertz CT molecular complexity index is 1440. The summed E-state index contributed by atoms with van der Waals surface area (Å²) in [5, 5.41) is 20.9. The lowest BCUT2D eigenvalue weighted by Crippen LogP contribution is -2.50. The number of nitrogens with zero attached hydrogens (tertiary/aromatic N) is 4. The Labute approximate surface area is 245 Å². The maximum Gasteiger partial charge on any atom is 0.255 e. The summed E-state index contributed by atoms with van der Waals surface area (Å²) in [6.45, 7) is 8.15. The number of amides is 2. The van der Waals surface area contributed by atoms with Crippen LogP contribution in [0.4, 0.5) is 22.7 Å². The van der Waals surface area contributed by atoms with Crippen LogP contribution in [0, 0.1) is 17.7 Å². The fourth-order valence-electron chi connectivity index (χ4n) is 5.29. The number of hydrogen-bond acceptors (Lipinski definition) is 6. The zero-order valence-electron chi connectivity index (χ0n) is 23.8. The number of anilines is 4. The maximum absolute atomic E-state index is 13.0. The molecule has 11 nitrogen and oxygen atoms in total. The van der Waals surface area contributed by atoms with Crippen LogP contribution in [0.5, 0.6) is 0 Å². The quantitative estimate of drug-likeness (QED) is 0.218. The molecule has 0 radical (unpaired) electrons. The van der Waals surface area contributed by atoms with Crippen molar-refractivity contribution >= 4 is 46.9 Å². The Hall–Kier alpha value is -5.06. The number of guanidine groups is 1. The van der Waals surface area contributed by atoms with Gasteiger partial charge >= 0.3 is 0 Å². The second kappa shape index (κ2) is 12.6. The van der Waals surface area contributed by atoms with E-state index in [-0.39, 0.29) is 17.8 Å². The first-order valence-electron chi connectivity index (χ1n) is 14.1. The molecule has 5 rings (SSSR count). The van der Waals surface area contributed by atoms with Crippen LogP contribution in [0.15, 0.2) is 66.7 Å². The molecule has 218 valence electrons. The third-order valence-corrected chi connectivity index (χ3v) is 7.83. The normalized spacial score (nSPS) is 15.3. The van der Waals surface area contributed by atoms with Crippen LogP contribution >= 0.6 is 0 Å². The number of carbonyl (C=O) groups excluding carboxylic acids is 2. The lowest BCUT2D eigenvalue weighted by Gasteiger charge is -2.36. The largest absolute Gasteiger partial charge is 0.370 e. The first-order chi connectivity index (χ1) is 20.3. The van der Waals surface area contributed by atoms with E-state index < -0.39 is 0 Å². The maximum atomic E-state index is 13.0. The van der Waals surface area contributed by atoms with E-state index in [1.165, 1.54) is 6.34 Å². The number of nitrogens with one attached hydrogen (secondary N) is 4. The van der Waals surface area contributed by atoms with Crippen LogP contribution in [-0.2, 0) is 0 Å².